The van der Waals surface area contributed by atoms with Gasteiger partial charge in [0.1, 0.15) is 24.2 Å². The molecule has 9 nitrogen and oxygen atoms in total. The molecule has 3 aromatic rings. The molecule has 2 aromatic carbocycles. The quantitative estimate of drug-likeness (QED) is 0.518. The summed E-state index contributed by atoms with van der Waals surface area (Å²) in [7, 11) is 0. The predicted octanol–water partition coefficient (Wildman–Crippen LogP) is 2.53. The van der Waals surface area contributed by atoms with Crippen LogP contribution in [-0.4, -0.2) is 51.3 Å². The SMILES string of the molecule is CCC(=O)N1CCN2C(=O)c3c(OCc4ccccc4)c(=O)c(C(=O)NCc4ccc(F)cc4)cn3CC12. The first kappa shape index (κ1) is 25.2. The van der Waals surface area contributed by atoms with Gasteiger partial charge in [0, 0.05) is 32.3 Å². The van der Waals surface area contributed by atoms with E-state index in [-0.39, 0.29) is 42.6 Å². The maximum absolute atomic E-state index is 13.6. The molecule has 2 aliphatic rings. The van der Waals surface area contributed by atoms with Gasteiger partial charge in [-0.15, -0.1) is 0 Å². The summed E-state index contributed by atoms with van der Waals surface area (Å²) in [4.78, 5) is 56.0. The van der Waals surface area contributed by atoms with Crippen molar-refractivity contribution in [1.82, 2.24) is 19.7 Å². The first-order chi connectivity index (χ1) is 18.4. The normalized spacial score (nSPS) is 16.2. The largest absolute Gasteiger partial charge is 0.483 e. The molecule has 38 heavy (non-hydrogen) atoms. The van der Waals surface area contributed by atoms with Crippen LogP contribution in [0.2, 0.25) is 0 Å². The molecule has 2 aliphatic heterocycles. The second-order valence-corrected chi connectivity index (χ2v) is 9.21. The first-order valence-electron chi connectivity index (χ1n) is 12.4. The number of nitrogens with one attached hydrogen (secondary N) is 1. The Balaban J connectivity index is 1.50. The second-order valence-electron chi connectivity index (χ2n) is 9.21. The fraction of sp³-hybridized carbons (Fsp3) is 0.286. The van der Waals surface area contributed by atoms with Crippen molar-refractivity contribution < 1.29 is 23.5 Å². The average molecular weight is 519 g/mol. The Kier molecular flexibility index (Phi) is 6.95. The molecule has 1 aromatic heterocycles. The molecular weight excluding hydrogens is 491 g/mol. The minimum Gasteiger partial charge on any atom is -0.483 e. The molecule has 10 heteroatoms. The van der Waals surface area contributed by atoms with E-state index in [4.69, 9.17) is 4.74 Å². The van der Waals surface area contributed by atoms with Crippen LogP contribution in [0.1, 0.15) is 45.3 Å². The number of ether oxygens (including phenoxy) is 1. The number of carbonyl (C=O) groups excluding carboxylic acids is 3. The summed E-state index contributed by atoms with van der Waals surface area (Å²) < 4.78 is 20.7. The van der Waals surface area contributed by atoms with Crippen molar-refractivity contribution in [2.75, 3.05) is 13.1 Å². The number of benzene rings is 2. The number of nitrogens with zero attached hydrogens (tertiary/aromatic N) is 3. The topological polar surface area (TPSA) is 101 Å². The fourth-order valence-corrected chi connectivity index (χ4v) is 4.83. The molecule has 196 valence electrons. The maximum Gasteiger partial charge on any atom is 0.276 e. The van der Waals surface area contributed by atoms with Crippen LogP contribution in [0.4, 0.5) is 4.39 Å². The van der Waals surface area contributed by atoms with Gasteiger partial charge in [-0.3, -0.25) is 19.2 Å². The molecule has 1 unspecified atom stereocenters. The summed E-state index contributed by atoms with van der Waals surface area (Å²) in [5.74, 6) is -1.75. The van der Waals surface area contributed by atoms with E-state index in [1.54, 1.807) is 21.3 Å². The second kappa shape index (κ2) is 10.5. The molecule has 5 rings (SSSR count). The number of halogens is 1. The molecule has 1 atom stereocenters. The number of hydrogen-bond donors (Lipinski definition) is 1. The van der Waals surface area contributed by atoms with Gasteiger partial charge >= 0.3 is 0 Å². The summed E-state index contributed by atoms with van der Waals surface area (Å²) in [6.07, 6.45) is 1.15. The van der Waals surface area contributed by atoms with E-state index < -0.39 is 29.2 Å². The average Bonchev–Trinajstić information content (AvgIpc) is 3.36. The van der Waals surface area contributed by atoms with Crippen LogP contribution in [0.5, 0.6) is 5.75 Å². The lowest BCUT2D eigenvalue weighted by Gasteiger charge is -2.36. The molecule has 0 saturated carbocycles. The molecule has 0 radical (unpaired) electrons. The van der Waals surface area contributed by atoms with Crippen LogP contribution in [0.15, 0.2) is 65.6 Å². The van der Waals surface area contributed by atoms with Gasteiger partial charge in [0.25, 0.3) is 11.8 Å². The van der Waals surface area contributed by atoms with Gasteiger partial charge in [0.15, 0.2) is 11.4 Å². The number of aromatic nitrogens is 1. The summed E-state index contributed by atoms with van der Waals surface area (Å²) in [5, 5.41) is 2.69. The van der Waals surface area contributed by atoms with Crippen molar-refractivity contribution >= 4 is 17.7 Å². The van der Waals surface area contributed by atoms with Crippen LogP contribution >= 0.6 is 0 Å². The molecule has 3 amide bonds. The lowest BCUT2D eigenvalue weighted by atomic mass is 10.1. The highest BCUT2D eigenvalue weighted by Crippen LogP contribution is 2.29. The molecule has 3 heterocycles. The summed E-state index contributed by atoms with van der Waals surface area (Å²) in [5.41, 5.74) is 0.619. The zero-order valence-corrected chi connectivity index (χ0v) is 20.9. The Morgan fingerprint density at radius 1 is 1.03 bits per heavy atom. The van der Waals surface area contributed by atoms with Crippen molar-refractivity contribution in [1.29, 1.82) is 0 Å². The first-order valence-corrected chi connectivity index (χ1v) is 12.4. The molecule has 0 spiro atoms. The molecule has 1 saturated heterocycles. The smallest absolute Gasteiger partial charge is 0.276 e. The lowest BCUT2D eigenvalue weighted by molar-refractivity contribution is -0.133. The number of pyridine rings is 1. The lowest BCUT2D eigenvalue weighted by Crippen LogP contribution is -2.52. The number of hydrogen-bond acceptors (Lipinski definition) is 5. The summed E-state index contributed by atoms with van der Waals surface area (Å²) in [6.45, 7) is 2.82. The van der Waals surface area contributed by atoms with Crippen molar-refractivity contribution in [2.45, 2.75) is 39.2 Å². The predicted molar refractivity (Wildman–Crippen MR) is 136 cm³/mol. The number of fused-ring (bicyclic) bond motifs is 2. The van der Waals surface area contributed by atoms with Gasteiger partial charge in [-0.2, -0.15) is 0 Å². The number of amides is 3. The molecule has 1 N–H and O–H groups in total. The van der Waals surface area contributed by atoms with Gasteiger partial charge in [-0.05, 0) is 23.3 Å². The molecule has 0 aliphatic carbocycles. The summed E-state index contributed by atoms with van der Waals surface area (Å²) in [6, 6.07) is 14.8. The Hall–Kier alpha value is -4.47. The minimum absolute atomic E-state index is 0.0287. The van der Waals surface area contributed by atoms with Crippen LogP contribution in [-0.2, 0) is 24.5 Å². The van der Waals surface area contributed by atoms with Gasteiger partial charge in [0.2, 0.25) is 11.3 Å². The van der Waals surface area contributed by atoms with E-state index in [9.17, 15) is 23.6 Å². The molecule has 1 fully saturated rings. The van der Waals surface area contributed by atoms with Gasteiger partial charge < -0.3 is 24.4 Å². The van der Waals surface area contributed by atoms with E-state index in [0.29, 0.717) is 25.1 Å². The van der Waals surface area contributed by atoms with Crippen LogP contribution in [0, 0.1) is 5.82 Å². The Morgan fingerprint density at radius 3 is 2.47 bits per heavy atom. The van der Waals surface area contributed by atoms with Crippen molar-refractivity contribution in [3.8, 4) is 5.75 Å². The Bertz CT molecular complexity index is 1440. The Labute approximate surface area is 218 Å². The third-order valence-corrected chi connectivity index (χ3v) is 6.82. The van der Waals surface area contributed by atoms with E-state index in [2.05, 4.69) is 5.32 Å². The fourth-order valence-electron chi connectivity index (χ4n) is 4.83. The van der Waals surface area contributed by atoms with Crippen molar-refractivity contribution in [3.63, 3.8) is 0 Å². The van der Waals surface area contributed by atoms with Crippen LogP contribution < -0.4 is 15.5 Å². The van der Waals surface area contributed by atoms with E-state index in [0.717, 1.165) is 5.56 Å². The zero-order chi connectivity index (χ0) is 26.8. The van der Waals surface area contributed by atoms with Gasteiger partial charge in [-0.25, -0.2) is 4.39 Å². The van der Waals surface area contributed by atoms with Crippen LogP contribution in [0.3, 0.4) is 0 Å². The third kappa shape index (κ3) is 4.77. The Morgan fingerprint density at radius 2 is 1.76 bits per heavy atom. The summed E-state index contributed by atoms with van der Waals surface area (Å²) >= 11 is 0. The minimum atomic E-state index is -0.698. The van der Waals surface area contributed by atoms with E-state index >= 15 is 0 Å². The van der Waals surface area contributed by atoms with Crippen LogP contribution in [0.25, 0.3) is 0 Å². The maximum atomic E-state index is 13.6. The standard InChI is InChI=1S/C28H27FN4O5/c1-2-23(34)32-12-13-33-22(32)16-31-15-21(27(36)30-14-18-8-10-20(29)11-9-18)25(35)26(24(31)28(33)37)38-17-19-6-4-3-5-7-19/h3-11,15,22H,2,12-14,16-17H2,1H3,(H,30,36). The van der Waals surface area contributed by atoms with Crippen molar-refractivity contribution in [2.24, 2.45) is 0 Å². The van der Waals surface area contributed by atoms with E-state index in [1.807, 2.05) is 30.3 Å². The highest BCUT2D eigenvalue weighted by Gasteiger charge is 2.44. The van der Waals surface area contributed by atoms with E-state index in [1.165, 1.54) is 30.5 Å². The van der Waals surface area contributed by atoms with Crippen molar-refractivity contribution in [3.05, 3.63) is 99.2 Å². The number of rotatable bonds is 7. The zero-order valence-electron chi connectivity index (χ0n) is 20.9. The third-order valence-electron chi connectivity index (χ3n) is 6.82. The highest BCUT2D eigenvalue weighted by molar-refractivity contribution is 5.99. The van der Waals surface area contributed by atoms with Gasteiger partial charge in [0.05, 0.1) is 6.54 Å². The van der Waals surface area contributed by atoms with Gasteiger partial charge in [-0.1, -0.05) is 49.4 Å². The molecular formula is C28H27FN4O5. The monoisotopic (exact) mass is 518 g/mol. The number of carbonyl (C=O) groups is 3. The highest BCUT2D eigenvalue weighted by atomic mass is 19.1. The molecule has 0 bridgehead atoms.